The molecule has 20 heavy (non-hydrogen) atoms. The Hall–Kier alpha value is -1.31. The zero-order chi connectivity index (χ0) is 14.9. The average Bonchev–Trinajstić information content (AvgIpc) is 2.74. The molecule has 0 spiro atoms. The van der Waals surface area contributed by atoms with Crippen molar-refractivity contribution in [2.24, 2.45) is 11.1 Å². The van der Waals surface area contributed by atoms with Crippen molar-refractivity contribution < 1.29 is 13.5 Å². The molecule has 0 radical (unpaired) electrons. The summed E-state index contributed by atoms with van der Waals surface area (Å²) in [4.78, 5) is 0.0342. The van der Waals surface area contributed by atoms with Crippen molar-refractivity contribution >= 4 is 21.4 Å². The Kier molecular flexibility index (Phi) is 4.22. The highest BCUT2D eigenvalue weighted by Crippen LogP contribution is 2.29. The first kappa shape index (κ1) is 15.1. The van der Waals surface area contributed by atoms with Crippen molar-refractivity contribution in [3.05, 3.63) is 17.7 Å². The first-order chi connectivity index (χ1) is 9.29. The van der Waals surface area contributed by atoms with Crippen molar-refractivity contribution in [3.8, 4) is 0 Å². The minimum absolute atomic E-state index is 0.0342. The molecule has 0 heterocycles. The summed E-state index contributed by atoms with van der Waals surface area (Å²) in [5.74, 6) is 0.189. The largest absolute Gasteiger partial charge is 0.399 e. The van der Waals surface area contributed by atoms with Crippen LogP contribution in [0.3, 0.4) is 0 Å². The van der Waals surface area contributed by atoms with Crippen LogP contribution >= 0.6 is 0 Å². The smallest absolute Gasteiger partial charge is 0.238 e. The summed E-state index contributed by atoms with van der Waals surface area (Å²) in [5, 5.41) is 18.2. The molecular formula is C13H21N3O3S. The van der Waals surface area contributed by atoms with Crippen molar-refractivity contribution in [1.29, 1.82) is 0 Å². The van der Waals surface area contributed by atoms with E-state index in [2.05, 4.69) is 5.32 Å². The van der Waals surface area contributed by atoms with E-state index in [-0.39, 0.29) is 16.9 Å². The second-order valence-corrected chi connectivity index (χ2v) is 6.91. The fraction of sp³-hybridized carbons (Fsp3) is 0.538. The minimum Gasteiger partial charge on any atom is -0.399 e. The number of aliphatic hydroxyl groups excluding tert-OH is 1. The van der Waals surface area contributed by atoms with Crippen LogP contribution in [-0.2, 0) is 10.0 Å². The molecule has 0 aliphatic heterocycles. The number of nitrogen functional groups attached to an aromatic ring is 1. The number of sulfonamides is 1. The molecule has 1 aliphatic carbocycles. The van der Waals surface area contributed by atoms with E-state index in [1.807, 2.05) is 0 Å². The molecule has 1 aromatic carbocycles. The zero-order valence-electron chi connectivity index (χ0n) is 11.5. The molecule has 0 saturated heterocycles. The number of aliphatic hydroxyl groups is 1. The average molecular weight is 299 g/mol. The zero-order valence-corrected chi connectivity index (χ0v) is 12.3. The minimum atomic E-state index is -3.80. The van der Waals surface area contributed by atoms with Gasteiger partial charge < -0.3 is 16.2 Å². The molecule has 0 aromatic heterocycles. The van der Waals surface area contributed by atoms with E-state index in [1.165, 1.54) is 6.07 Å². The summed E-state index contributed by atoms with van der Waals surface area (Å²) in [6.45, 7) is 2.28. The van der Waals surface area contributed by atoms with Gasteiger partial charge in [-0.1, -0.05) is 6.42 Å². The Balaban J connectivity index is 2.21. The Morgan fingerprint density at radius 1 is 1.40 bits per heavy atom. The topological polar surface area (TPSA) is 118 Å². The highest BCUT2D eigenvalue weighted by atomic mass is 32.2. The highest BCUT2D eigenvalue weighted by Gasteiger charge is 2.25. The lowest BCUT2D eigenvalue weighted by Crippen LogP contribution is -2.23. The molecule has 1 aliphatic rings. The molecule has 6 nitrogen and oxygen atoms in total. The van der Waals surface area contributed by atoms with Crippen LogP contribution in [0.15, 0.2) is 17.0 Å². The van der Waals surface area contributed by atoms with Crippen LogP contribution in [0.1, 0.15) is 24.8 Å². The lowest BCUT2D eigenvalue weighted by atomic mass is 10.1. The fourth-order valence-corrected chi connectivity index (χ4v) is 3.52. The molecule has 1 saturated carbocycles. The monoisotopic (exact) mass is 299 g/mol. The molecule has 2 atom stereocenters. The summed E-state index contributed by atoms with van der Waals surface area (Å²) in [6, 6.07) is 3.05. The van der Waals surface area contributed by atoms with Crippen LogP contribution in [0.4, 0.5) is 11.4 Å². The molecule has 0 amide bonds. The van der Waals surface area contributed by atoms with Crippen LogP contribution in [-0.4, -0.2) is 26.2 Å². The molecule has 1 fully saturated rings. The van der Waals surface area contributed by atoms with E-state index in [9.17, 15) is 13.5 Å². The Morgan fingerprint density at radius 2 is 2.10 bits per heavy atom. The van der Waals surface area contributed by atoms with Crippen LogP contribution in [0.25, 0.3) is 0 Å². The maximum atomic E-state index is 11.5. The second kappa shape index (κ2) is 5.59. The summed E-state index contributed by atoms with van der Waals surface area (Å²) >= 11 is 0. The SMILES string of the molecule is Cc1c(NCC2CCCC2O)cc(N)cc1S(N)(=O)=O. The van der Waals surface area contributed by atoms with Crippen molar-refractivity contribution in [3.63, 3.8) is 0 Å². The number of benzene rings is 1. The van der Waals surface area contributed by atoms with Gasteiger partial charge in [0.25, 0.3) is 0 Å². The predicted molar refractivity (Wildman–Crippen MR) is 78.8 cm³/mol. The van der Waals surface area contributed by atoms with E-state index >= 15 is 0 Å². The van der Waals surface area contributed by atoms with Gasteiger partial charge in [0.1, 0.15) is 0 Å². The Labute approximate surface area is 119 Å². The molecule has 112 valence electrons. The van der Waals surface area contributed by atoms with Gasteiger partial charge in [0.05, 0.1) is 11.0 Å². The molecule has 0 bridgehead atoms. The number of nitrogens with one attached hydrogen (secondary N) is 1. The third-order valence-corrected chi connectivity index (χ3v) is 4.90. The number of rotatable bonds is 4. The summed E-state index contributed by atoms with van der Waals surface area (Å²) in [7, 11) is -3.80. The standard InChI is InChI=1S/C13H21N3O3S/c1-8-11(16-7-9-3-2-4-12(9)17)5-10(14)6-13(8)20(15,18)19/h5-6,9,12,16-17H,2-4,7,14H2,1H3,(H2,15,18,19). The highest BCUT2D eigenvalue weighted by molar-refractivity contribution is 7.89. The van der Waals surface area contributed by atoms with E-state index < -0.39 is 10.0 Å². The maximum Gasteiger partial charge on any atom is 0.238 e. The third-order valence-electron chi connectivity index (χ3n) is 3.86. The summed E-state index contributed by atoms with van der Waals surface area (Å²) in [5.41, 5.74) is 7.26. The number of hydrogen-bond acceptors (Lipinski definition) is 5. The normalized spacial score (nSPS) is 22.9. The third kappa shape index (κ3) is 3.23. The van der Waals surface area contributed by atoms with Gasteiger partial charge in [-0.2, -0.15) is 0 Å². The van der Waals surface area contributed by atoms with Gasteiger partial charge >= 0.3 is 0 Å². The Morgan fingerprint density at radius 3 is 2.65 bits per heavy atom. The first-order valence-corrected chi connectivity index (χ1v) is 8.18. The lowest BCUT2D eigenvalue weighted by Gasteiger charge is -2.18. The van der Waals surface area contributed by atoms with Crippen LogP contribution in [0, 0.1) is 12.8 Å². The van der Waals surface area contributed by atoms with Crippen LogP contribution in [0.5, 0.6) is 0 Å². The van der Waals surface area contributed by atoms with E-state index in [0.717, 1.165) is 19.3 Å². The number of anilines is 2. The summed E-state index contributed by atoms with van der Waals surface area (Å²) < 4.78 is 23.1. The molecule has 1 aromatic rings. The molecule has 2 unspecified atom stereocenters. The number of nitrogens with two attached hydrogens (primary N) is 2. The van der Waals surface area contributed by atoms with E-state index in [0.29, 0.717) is 23.5 Å². The Bertz CT molecular complexity index is 601. The number of hydrogen-bond donors (Lipinski definition) is 4. The van der Waals surface area contributed by atoms with Crippen molar-refractivity contribution in [1.82, 2.24) is 0 Å². The van der Waals surface area contributed by atoms with Gasteiger partial charge in [-0.25, -0.2) is 13.6 Å². The molecule has 2 rings (SSSR count). The van der Waals surface area contributed by atoms with Crippen LogP contribution < -0.4 is 16.2 Å². The van der Waals surface area contributed by atoms with Crippen molar-refractivity contribution in [2.45, 2.75) is 37.2 Å². The molecule has 7 heteroatoms. The lowest BCUT2D eigenvalue weighted by molar-refractivity contribution is 0.138. The van der Waals surface area contributed by atoms with E-state index in [1.54, 1.807) is 13.0 Å². The second-order valence-electron chi connectivity index (χ2n) is 5.38. The van der Waals surface area contributed by atoms with Crippen molar-refractivity contribution in [2.75, 3.05) is 17.6 Å². The van der Waals surface area contributed by atoms with Crippen LogP contribution in [0.2, 0.25) is 0 Å². The van der Waals surface area contributed by atoms with Gasteiger partial charge in [0.15, 0.2) is 0 Å². The molecule has 6 N–H and O–H groups in total. The van der Waals surface area contributed by atoms with E-state index in [4.69, 9.17) is 10.9 Å². The number of primary sulfonamides is 1. The quantitative estimate of drug-likeness (QED) is 0.613. The molecular weight excluding hydrogens is 278 g/mol. The predicted octanol–water partition coefficient (Wildman–Crippen LogP) is 0.798. The van der Waals surface area contributed by atoms with Gasteiger partial charge in [-0.3, -0.25) is 0 Å². The van der Waals surface area contributed by atoms with Gasteiger partial charge in [0.2, 0.25) is 10.0 Å². The first-order valence-electron chi connectivity index (χ1n) is 6.64. The van der Waals surface area contributed by atoms with Gasteiger partial charge in [0, 0.05) is 23.8 Å². The fourth-order valence-electron chi connectivity index (χ4n) is 2.68. The summed E-state index contributed by atoms with van der Waals surface area (Å²) in [6.07, 6.45) is 2.52. The van der Waals surface area contributed by atoms with Gasteiger partial charge in [-0.05, 0) is 37.5 Å². The maximum absolute atomic E-state index is 11.5. The van der Waals surface area contributed by atoms with Gasteiger partial charge in [-0.15, -0.1) is 0 Å².